The first kappa shape index (κ1) is 11.9. The summed E-state index contributed by atoms with van der Waals surface area (Å²) in [4.78, 5) is 9.30. The first-order chi connectivity index (χ1) is 10.3. The van der Waals surface area contributed by atoms with E-state index in [1.54, 1.807) is 0 Å². The lowest BCUT2D eigenvalue weighted by atomic mass is 10.1. The molecule has 1 heterocycles. The molecular formula is C18H13N3. The SMILES string of the molecule is Nc1nc2ccc3ccccc3c2nc1-c1ccccc1. The predicted molar refractivity (Wildman–Crippen MR) is 86.9 cm³/mol. The van der Waals surface area contributed by atoms with Gasteiger partial charge in [0.15, 0.2) is 5.82 Å². The van der Waals surface area contributed by atoms with Crippen LogP contribution < -0.4 is 5.73 Å². The van der Waals surface area contributed by atoms with Crippen LogP contribution in [0, 0.1) is 0 Å². The predicted octanol–water partition coefficient (Wildman–Crippen LogP) is 4.03. The third-order valence-corrected chi connectivity index (χ3v) is 3.63. The Morgan fingerprint density at radius 3 is 2.33 bits per heavy atom. The minimum atomic E-state index is 0.462. The van der Waals surface area contributed by atoms with E-state index in [1.165, 1.54) is 0 Å². The number of benzene rings is 3. The lowest BCUT2D eigenvalue weighted by Gasteiger charge is -2.08. The van der Waals surface area contributed by atoms with Crippen LogP contribution in [-0.2, 0) is 0 Å². The number of nitrogen functional groups attached to an aromatic ring is 1. The van der Waals surface area contributed by atoms with Gasteiger partial charge in [0.05, 0.1) is 11.0 Å². The molecule has 4 rings (SSSR count). The van der Waals surface area contributed by atoms with Crippen LogP contribution in [-0.4, -0.2) is 9.97 Å². The van der Waals surface area contributed by atoms with E-state index in [0.29, 0.717) is 5.82 Å². The van der Waals surface area contributed by atoms with Crippen molar-refractivity contribution in [1.82, 2.24) is 9.97 Å². The highest BCUT2D eigenvalue weighted by atomic mass is 14.9. The summed E-state index contributed by atoms with van der Waals surface area (Å²) >= 11 is 0. The van der Waals surface area contributed by atoms with Gasteiger partial charge in [-0.1, -0.05) is 60.7 Å². The van der Waals surface area contributed by atoms with Crippen molar-refractivity contribution < 1.29 is 0 Å². The van der Waals surface area contributed by atoms with Gasteiger partial charge in [0.1, 0.15) is 5.69 Å². The molecule has 0 aliphatic rings. The van der Waals surface area contributed by atoms with Crippen molar-refractivity contribution in [3.63, 3.8) is 0 Å². The molecule has 3 nitrogen and oxygen atoms in total. The summed E-state index contributed by atoms with van der Waals surface area (Å²) in [6, 6.07) is 22.1. The molecule has 100 valence electrons. The largest absolute Gasteiger partial charge is 0.382 e. The van der Waals surface area contributed by atoms with Crippen LogP contribution in [0.25, 0.3) is 33.1 Å². The number of fused-ring (bicyclic) bond motifs is 3. The Kier molecular flexibility index (Phi) is 2.57. The van der Waals surface area contributed by atoms with E-state index >= 15 is 0 Å². The van der Waals surface area contributed by atoms with Crippen LogP contribution in [0.5, 0.6) is 0 Å². The maximum absolute atomic E-state index is 6.09. The Hall–Kier alpha value is -2.94. The minimum Gasteiger partial charge on any atom is -0.382 e. The van der Waals surface area contributed by atoms with Crippen molar-refractivity contribution in [3.8, 4) is 11.3 Å². The van der Waals surface area contributed by atoms with Crippen molar-refractivity contribution in [2.24, 2.45) is 0 Å². The molecule has 0 bridgehead atoms. The standard InChI is InChI=1S/C18H13N3/c19-18-16(13-7-2-1-3-8-13)21-17-14-9-5-4-6-12(14)10-11-15(17)20-18/h1-11H,(H2,19,20). The van der Waals surface area contributed by atoms with E-state index in [0.717, 1.165) is 33.1 Å². The van der Waals surface area contributed by atoms with Crippen molar-refractivity contribution in [3.05, 3.63) is 66.7 Å². The molecule has 0 aliphatic carbocycles. The fraction of sp³-hybridized carbons (Fsp3) is 0. The van der Waals surface area contributed by atoms with Crippen LogP contribution in [0.1, 0.15) is 0 Å². The zero-order chi connectivity index (χ0) is 14.2. The third-order valence-electron chi connectivity index (χ3n) is 3.63. The van der Waals surface area contributed by atoms with Crippen LogP contribution in [0.4, 0.5) is 5.82 Å². The molecule has 21 heavy (non-hydrogen) atoms. The first-order valence-electron chi connectivity index (χ1n) is 6.83. The fourth-order valence-corrected chi connectivity index (χ4v) is 2.61. The second-order valence-corrected chi connectivity index (χ2v) is 4.98. The van der Waals surface area contributed by atoms with Crippen LogP contribution in [0.2, 0.25) is 0 Å². The molecule has 2 N–H and O–H groups in total. The zero-order valence-corrected chi connectivity index (χ0v) is 11.3. The summed E-state index contributed by atoms with van der Waals surface area (Å²) in [5.41, 5.74) is 9.52. The maximum Gasteiger partial charge on any atom is 0.150 e. The quantitative estimate of drug-likeness (QED) is 0.532. The van der Waals surface area contributed by atoms with Crippen molar-refractivity contribution >= 4 is 27.6 Å². The van der Waals surface area contributed by atoms with E-state index in [1.807, 2.05) is 54.6 Å². The molecule has 0 aliphatic heterocycles. The van der Waals surface area contributed by atoms with Gasteiger partial charge in [-0.15, -0.1) is 0 Å². The van der Waals surface area contributed by atoms with E-state index in [4.69, 9.17) is 10.7 Å². The molecule has 3 heteroatoms. The highest BCUT2D eigenvalue weighted by molar-refractivity contribution is 6.04. The average molecular weight is 271 g/mol. The summed E-state index contributed by atoms with van der Waals surface area (Å²) in [7, 11) is 0. The van der Waals surface area contributed by atoms with Gasteiger partial charge in [-0.3, -0.25) is 0 Å². The second kappa shape index (κ2) is 4.56. The molecule has 4 aromatic rings. The van der Waals surface area contributed by atoms with Crippen molar-refractivity contribution in [2.45, 2.75) is 0 Å². The zero-order valence-electron chi connectivity index (χ0n) is 11.3. The molecule has 0 unspecified atom stereocenters. The highest BCUT2D eigenvalue weighted by Gasteiger charge is 2.10. The molecule has 3 aromatic carbocycles. The average Bonchev–Trinajstić information content (AvgIpc) is 2.55. The second-order valence-electron chi connectivity index (χ2n) is 4.98. The van der Waals surface area contributed by atoms with Gasteiger partial charge in [0.2, 0.25) is 0 Å². The molecule has 0 amide bonds. The normalized spacial score (nSPS) is 11.0. The number of hydrogen-bond acceptors (Lipinski definition) is 3. The lowest BCUT2D eigenvalue weighted by molar-refractivity contribution is 1.31. The van der Waals surface area contributed by atoms with Gasteiger partial charge in [-0.05, 0) is 11.5 Å². The van der Waals surface area contributed by atoms with E-state index < -0.39 is 0 Å². The van der Waals surface area contributed by atoms with Gasteiger partial charge in [0.25, 0.3) is 0 Å². The number of nitrogens with two attached hydrogens (primary N) is 1. The lowest BCUT2D eigenvalue weighted by Crippen LogP contribution is -1.98. The van der Waals surface area contributed by atoms with E-state index in [9.17, 15) is 0 Å². The first-order valence-corrected chi connectivity index (χ1v) is 6.83. The van der Waals surface area contributed by atoms with Crippen LogP contribution in [0.3, 0.4) is 0 Å². The Balaban J connectivity index is 2.09. The van der Waals surface area contributed by atoms with Crippen LogP contribution >= 0.6 is 0 Å². The topological polar surface area (TPSA) is 51.8 Å². The van der Waals surface area contributed by atoms with E-state index in [-0.39, 0.29) is 0 Å². The van der Waals surface area contributed by atoms with Gasteiger partial charge in [-0.2, -0.15) is 0 Å². The Bertz CT molecular complexity index is 946. The Morgan fingerprint density at radius 2 is 1.48 bits per heavy atom. The minimum absolute atomic E-state index is 0.462. The van der Waals surface area contributed by atoms with Gasteiger partial charge < -0.3 is 5.73 Å². The molecule has 0 atom stereocenters. The molecule has 0 saturated carbocycles. The van der Waals surface area contributed by atoms with Crippen LogP contribution in [0.15, 0.2) is 66.7 Å². The summed E-state index contributed by atoms with van der Waals surface area (Å²) in [6.45, 7) is 0. The van der Waals surface area contributed by atoms with Crippen molar-refractivity contribution in [2.75, 3.05) is 5.73 Å². The number of hydrogen-bond donors (Lipinski definition) is 1. The van der Waals surface area contributed by atoms with Gasteiger partial charge >= 0.3 is 0 Å². The maximum atomic E-state index is 6.09. The summed E-state index contributed by atoms with van der Waals surface area (Å²) < 4.78 is 0. The molecule has 0 fully saturated rings. The third kappa shape index (κ3) is 1.91. The summed E-state index contributed by atoms with van der Waals surface area (Å²) in [6.07, 6.45) is 0. The molecule has 1 aromatic heterocycles. The van der Waals surface area contributed by atoms with Crippen molar-refractivity contribution in [1.29, 1.82) is 0 Å². The smallest absolute Gasteiger partial charge is 0.150 e. The molecular weight excluding hydrogens is 258 g/mol. The number of nitrogens with zero attached hydrogens (tertiary/aromatic N) is 2. The summed E-state index contributed by atoms with van der Waals surface area (Å²) in [5, 5.41) is 2.25. The molecule has 0 radical (unpaired) electrons. The molecule has 0 saturated heterocycles. The Labute approximate surface area is 122 Å². The Morgan fingerprint density at radius 1 is 0.714 bits per heavy atom. The van der Waals surface area contributed by atoms with Gasteiger partial charge in [0, 0.05) is 10.9 Å². The monoisotopic (exact) mass is 271 g/mol. The molecule has 0 spiro atoms. The number of rotatable bonds is 1. The highest BCUT2D eigenvalue weighted by Crippen LogP contribution is 2.28. The summed E-state index contributed by atoms with van der Waals surface area (Å²) in [5.74, 6) is 0.462. The van der Waals surface area contributed by atoms with Gasteiger partial charge in [-0.25, -0.2) is 9.97 Å². The number of anilines is 1. The number of aromatic nitrogens is 2. The van der Waals surface area contributed by atoms with E-state index in [2.05, 4.69) is 17.1 Å². The fourth-order valence-electron chi connectivity index (χ4n) is 2.61.